The Morgan fingerprint density at radius 1 is 1.05 bits per heavy atom. The topological polar surface area (TPSA) is 26.3 Å². The molecule has 1 aliphatic heterocycles. The number of halogens is 1. The molecule has 1 heterocycles. The number of benzene rings is 2. The quantitative estimate of drug-likeness (QED) is 0.758. The molecule has 0 bridgehead atoms. The fourth-order valence-electron chi connectivity index (χ4n) is 2.33. The van der Waals surface area contributed by atoms with Crippen molar-refractivity contribution < 1.29 is 9.53 Å². The molecule has 0 aromatic heterocycles. The number of ether oxygens (including phenoxy) is 1. The lowest BCUT2D eigenvalue weighted by Crippen LogP contribution is -1.98. The van der Waals surface area contributed by atoms with E-state index in [-0.39, 0.29) is 12.1 Å². The van der Waals surface area contributed by atoms with Crippen LogP contribution in [0, 0.1) is 0 Å². The molecule has 1 fully saturated rings. The molecule has 3 rings (SSSR count). The Balaban J connectivity index is 1.87. The Morgan fingerprint density at radius 2 is 1.79 bits per heavy atom. The van der Waals surface area contributed by atoms with E-state index < -0.39 is 0 Å². The molecule has 2 aromatic carbocycles. The first-order valence-corrected chi connectivity index (χ1v) is 6.66. The van der Waals surface area contributed by atoms with Gasteiger partial charge in [-0.05, 0) is 23.6 Å². The summed E-state index contributed by atoms with van der Waals surface area (Å²) < 4.78 is 5.25. The first-order chi connectivity index (χ1) is 9.24. The van der Waals surface area contributed by atoms with Gasteiger partial charge in [-0.15, -0.1) is 0 Å². The molecule has 2 nitrogen and oxygen atoms in total. The van der Waals surface area contributed by atoms with E-state index in [2.05, 4.69) is 0 Å². The summed E-state index contributed by atoms with van der Waals surface area (Å²) in [5, 5.41) is 0.738. The van der Waals surface area contributed by atoms with Gasteiger partial charge >= 0.3 is 5.97 Å². The Labute approximate surface area is 117 Å². The molecule has 0 amide bonds. The van der Waals surface area contributed by atoms with Crippen LogP contribution in [0.4, 0.5) is 0 Å². The second kappa shape index (κ2) is 5.06. The first kappa shape index (κ1) is 12.2. The van der Waals surface area contributed by atoms with Crippen molar-refractivity contribution in [3.63, 3.8) is 0 Å². The summed E-state index contributed by atoms with van der Waals surface area (Å²) in [5.74, 6) is -0.111. The summed E-state index contributed by atoms with van der Waals surface area (Å²) in [6.45, 7) is 0. The van der Waals surface area contributed by atoms with Crippen LogP contribution in [0.2, 0.25) is 5.02 Å². The third-order valence-corrected chi connectivity index (χ3v) is 3.68. The third-order valence-electron chi connectivity index (χ3n) is 3.35. The van der Waals surface area contributed by atoms with Gasteiger partial charge in [0, 0.05) is 17.0 Å². The van der Waals surface area contributed by atoms with E-state index in [4.69, 9.17) is 16.3 Å². The lowest BCUT2D eigenvalue weighted by molar-refractivity contribution is -0.141. The Bertz CT molecular complexity index is 604. The second-order valence-electron chi connectivity index (χ2n) is 4.62. The zero-order chi connectivity index (χ0) is 13.2. The number of hydrogen-bond donors (Lipinski definition) is 0. The van der Waals surface area contributed by atoms with E-state index >= 15 is 0 Å². The normalized spacial score (nSPS) is 18.4. The summed E-state index contributed by atoms with van der Waals surface area (Å²) in [5.41, 5.74) is 3.12. The van der Waals surface area contributed by atoms with Crippen molar-refractivity contribution in [3.8, 4) is 11.1 Å². The van der Waals surface area contributed by atoms with Crippen molar-refractivity contribution in [1.82, 2.24) is 0 Å². The van der Waals surface area contributed by atoms with Crippen molar-refractivity contribution in [3.05, 3.63) is 59.1 Å². The predicted octanol–water partition coefficient (Wildman–Crippen LogP) is 4.39. The minimum Gasteiger partial charge on any atom is -0.457 e. The van der Waals surface area contributed by atoms with Crippen molar-refractivity contribution in [2.75, 3.05) is 0 Å². The average Bonchev–Trinajstić information content (AvgIpc) is 2.86. The van der Waals surface area contributed by atoms with Gasteiger partial charge in [-0.2, -0.15) is 0 Å². The molecule has 2 aromatic rings. The molecule has 1 saturated heterocycles. The average molecular weight is 273 g/mol. The summed E-state index contributed by atoms with van der Waals surface area (Å²) in [4.78, 5) is 11.1. The number of rotatable bonds is 2. The minimum absolute atomic E-state index is 0.0900. The van der Waals surface area contributed by atoms with Crippen LogP contribution in [0.5, 0.6) is 0 Å². The van der Waals surface area contributed by atoms with E-state index in [9.17, 15) is 4.79 Å². The standard InChI is InChI=1S/C16H13ClO2/c17-14-4-2-1-3-13(14)11-5-7-12(8-6-11)15-9-10-16(18)19-15/h1-8,15H,9-10H2. The molecule has 0 spiro atoms. The lowest BCUT2D eigenvalue weighted by Gasteiger charge is -2.10. The molecule has 3 heteroatoms. The molecule has 0 radical (unpaired) electrons. The first-order valence-electron chi connectivity index (χ1n) is 6.28. The molecule has 0 aliphatic carbocycles. The van der Waals surface area contributed by atoms with Crippen LogP contribution < -0.4 is 0 Å². The molecular formula is C16H13ClO2. The van der Waals surface area contributed by atoms with Crippen LogP contribution in [0.3, 0.4) is 0 Å². The highest BCUT2D eigenvalue weighted by Gasteiger charge is 2.24. The summed E-state index contributed by atoms with van der Waals surface area (Å²) in [7, 11) is 0. The summed E-state index contributed by atoms with van der Waals surface area (Å²) in [6.07, 6.45) is 1.19. The molecule has 1 atom stereocenters. The SMILES string of the molecule is O=C1CCC(c2ccc(-c3ccccc3Cl)cc2)O1. The van der Waals surface area contributed by atoms with E-state index in [0.29, 0.717) is 6.42 Å². The van der Waals surface area contributed by atoms with Crippen LogP contribution >= 0.6 is 11.6 Å². The van der Waals surface area contributed by atoms with Gasteiger partial charge in [-0.1, -0.05) is 54.1 Å². The van der Waals surface area contributed by atoms with E-state index in [0.717, 1.165) is 28.1 Å². The second-order valence-corrected chi connectivity index (χ2v) is 5.03. The molecule has 1 unspecified atom stereocenters. The van der Waals surface area contributed by atoms with Gasteiger partial charge in [0.2, 0.25) is 0 Å². The minimum atomic E-state index is -0.111. The Kier molecular flexibility index (Phi) is 3.26. The largest absolute Gasteiger partial charge is 0.457 e. The van der Waals surface area contributed by atoms with Gasteiger partial charge in [-0.25, -0.2) is 0 Å². The molecule has 96 valence electrons. The van der Waals surface area contributed by atoms with Gasteiger partial charge in [0.25, 0.3) is 0 Å². The highest BCUT2D eigenvalue weighted by Crippen LogP contribution is 2.32. The van der Waals surface area contributed by atoms with Crippen molar-refractivity contribution in [2.45, 2.75) is 18.9 Å². The summed E-state index contributed by atoms with van der Waals surface area (Å²) >= 11 is 6.18. The van der Waals surface area contributed by atoms with Crippen LogP contribution in [0.1, 0.15) is 24.5 Å². The number of carbonyl (C=O) groups is 1. The van der Waals surface area contributed by atoms with Gasteiger partial charge in [-0.3, -0.25) is 4.79 Å². The number of cyclic esters (lactones) is 1. The predicted molar refractivity (Wildman–Crippen MR) is 75.0 cm³/mol. The zero-order valence-electron chi connectivity index (χ0n) is 10.3. The maximum absolute atomic E-state index is 11.1. The third kappa shape index (κ3) is 2.49. The summed E-state index contributed by atoms with van der Waals surface area (Å²) in [6, 6.07) is 15.8. The van der Waals surface area contributed by atoms with Crippen molar-refractivity contribution in [1.29, 1.82) is 0 Å². The van der Waals surface area contributed by atoms with Gasteiger partial charge in [0.05, 0.1) is 0 Å². The number of carbonyl (C=O) groups excluding carboxylic acids is 1. The smallest absolute Gasteiger partial charge is 0.306 e. The number of esters is 1. The van der Waals surface area contributed by atoms with E-state index in [1.54, 1.807) is 0 Å². The highest BCUT2D eigenvalue weighted by atomic mass is 35.5. The van der Waals surface area contributed by atoms with Crippen LogP contribution in [0.15, 0.2) is 48.5 Å². The fraction of sp³-hybridized carbons (Fsp3) is 0.188. The zero-order valence-corrected chi connectivity index (χ0v) is 11.1. The van der Waals surface area contributed by atoms with E-state index in [1.807, 2.05) is 48.5 Å². The Hall–Kier alpha value is -1.80. The molecule has 19 heavy (non-hydrogen) atoms. The van der Waals surface area contributed by atoms with Gasteiger partial charge < -0.3 is 4.74 Å². The van der Waals surface area contributed by atoms with Crippen LogP contribution in [-0.2, 0) is 9.53 Å². The van der Waals surface area contributed by atoms with Crippen LogP contribution in [0.25, 0.3) is 11.1 Å². The van der Waals surface area contributed by atoms with Gasteiger partial charge in [0.15, 0.2) is 0 Å². The van der Waals surface area contributed by atoms with Crippen molar-refractivity contribution >= 4 is 17.6 Å². The maximum atomic E-state index is 11.1. The van der Waals surface area contributed by atoms with Gasteiger partial charge in [0.1, 0.15) is 6.10 Å². The Morgan fingerprint density at radius 3 is 2.42 bits per heavy atom. The molecular weight excluding hydrogens is 260 g/mol. The lowest BCUT2D eigenvalue weighted by atomic mass is 10.0. The number of hydrogen-bond acceptors (Lipinski definition) is 2. The van der Waals surface area contributed by atoms with Crippen LogP contribution in [-0.4, -0.2) is 5.97 Å². The van der Waals surface area contributed by atoms with Crippen molar-refractivity contribution in [2.24, 2.45) is 0 Å². The monoisotopic (exact) mass is 272 g/mol. The highest BCUT2D eigenvalue weighted by molar-refractivity contribution is 6.33. The molecule has 0 N–H and O–H groups in total. The molecule has 0 saturated carbocycles. The fourth-order valence-corrected chi connectivity index (χ4v) is 2.58. The maximum Gasteiger partial charge on any atom is 0.306 e. The van der Waals surface area contributed by atoms with E-state index in [1.165, 1.54) is 0 Å². The molecule has 1 aliphatic rings.